The molecule has 6 nitrogen and oxygen atoms in total. The first-order valence-corrected chi connectivity index (χ1v) is 6.60. The summed E-state index contributed by atoms with van der Waals surface area (Å²) >= 11 is 0. The molecule has 1 aliphatic heterocycles. The highest BCUT2D eigenvalue weighted by Gasteiger charge is 2.39. The Kier molecular flexibility index (Phi) is 2.76. The number of phenolic OH excluding ortho intramolecular Hbond substituents is 1. The number of aliphatic hydroxyl groups is 1. The number of aliphatic hydroxyl groups excluding tert-OH is 1. The van der Waals surface area contributed by atoms with E-state index in [9.17, 15) is 18.6 Å². The van der Waals surface area contributed by atoms with Gasteiger partial charge in [0.2, 0.25) is 0 Å². The van der Waals surface area contributed by atoms with Gasteiger partial charge in [-0.25, -0.2) is 0 Å². The van der Waals surface area contributed by atoms with Crippen LogP contribution in [0.1, 0.15) is 25.6 Å². The lowest BCUT2D eigenvalue weighted by Gasteiger charge is -2.36. The molecule has 1 heterocycles. The summed E-state index contributed by atoms with van der Waals surface area (Å²) in [7, 11) is -3.83. The van der Waals surface area contributed by atoms with Gasteiger partial charge in [0.15, 0.2) is 6.23 Å². The number of nitrogens with one attached hydrogen (secondary N) is 1. The highest BCUT2D eigenvalue weighted by Crippen LogP contribution is 2.39. The number of phenols is 1. The van der Waals surface area contributed by atoms with Crippen LogP contribution in [0.3, 0.4) is 0 Å². The molecule has 1 aromatic rings. The van der Waals surface area contributed by atoms with Crippen LogP contribution in [0, 0.1) is 0 Å². The van der Waals surface area contributed by atoms with Crippen LogP contribution in [0.25, 0.3) is 0 Å². The minimum atomic E-state index is -3.83. The zero-order valence-corrected chi connectivity index (χ0v) is 10.3. The van der Waals surface area contributed by atoms with Gasteiger partial charge in [0.25, 0.3) is 0 Å². The van der Waals surface area contributed by atoms with Gasteiger partial charge in [-0.2, -0.15) is 12.7 Å². The summed E-state index contributed by atoms with van der Waals surface area (Å²) in [4.78, 5) is 0. The topological polar surface area (TPSA) is 89.9 Å². The van der Waals surface area contributed by atoms with E-state index in [2.05, 4.69) is 4.72 Å². The number of hydrogen-bond acceptors (Lipinski definition) is 4. The summed E-state index contributed by atoms with van der Waals surface area (Å²) in [5, 5.41) is 19.6. The zero-order chi connectivity index (χ0) is 12.8. The first-order chi connectivity index (χ1) is 7.84. The molecule has 3 N–H and O–H groups in total. The van der Waals surface area contributed by atoms with Crippen molar-refractivity contribution in [3.63, 3.8) is 0 Å². The summed E-state index contributed by atoms with van der Waals surface area (Å²) in [6, 6.07) is 4.09. The van der Waals surface area contributed by atoms with Crippen LogP contribution < -0.4 is 4.72 Å². The Morgan fingerprint density at radius 1 is 1.41 bits per heavy atom. The third kappa shape index (κ3) is 1.86. The number of aromatic hydroxyl groups is 1. The first kappa shape index (κ1) is 12.2. The van der Waals surface area contributed by atoms with E-state index >= 15 is 0 Å². The molecule has 0 bridgehead atoms. The number of hydrogen-bond donors (Lipinski definition) is 3. The largest absolute Gasteiger partial charge is 0.506 e. The molecule has 0 aliphatic carbocycles. The van der Waals surface area contributed by atoms with Gasteiger partial charge in [0, 0.05) is 11.6 Å². The van der Waals surface area contributed by atoms with Crippen molar-refractivity contribution in [3.8, 4) is 5.75 Å². The Bertz CT molecular complexity index is 541. The standard InChI is InChI=1S/C10H14N2O4S/c1-6(2)12-10(14)7-4-3-5-8(13)9(7)11-17(12,15)16/h3-6,10-11,13-14H,1-2H3/t10-/m0/s1. The van der Waals surface area contributed by atoms with E-state index in [0.717, 1.165) is 4.31 Å². The summed E-state index contributed by atoms with van der Waals surface area (Å²) in [6.45, 7) is 3.33. The minimum Gasteiger partial charge on any atom is -0.506 e. The van der Waals surface area contributed by atoms with Gasteiger partial charge in [-0.1, -0.05) is 12.1 Å². The van der Waals surface area contributed by atoms with Gasteiger partial charge in [-0.15, -0.1) is 0 Å². The number of nitrogens with zero attached hydrogens (tertiary/aromatic N) is 1. The predicted molar refractivity (Wildman–Crippen MR) is 62.6 cm³/mol. The molecule has 0 fully saturated rings. The van der Waals surface area contributed by atoms with Crippen LogP contribution in [-0.2, 0) is 10.2 Å². The average Bonchev–Trinajstić information content (AvgIpc) is 2.18. The Balaban J connectivity index is 2.62. The van der Waals surface area contributed by atoms with Crippen LogP contribution in [0.2, 0.25) is 0 Å². The lowest BCUT2D eigenvalue weighted by Crippen LogP contribution is -2.46. The van der Waals surface area contributed by atoms with Crippen LogP contribution in [0.15, 0.2) is 18.2 Å². The molecule has 0 unspecified atom stereocenters. The lowest BCUT2D eigenvalue weighted by molar-refractivity contribution is 0.0440. The van der Waals surface area contributed by atoms with Gasteiger partial charge in [0.1, 0.15) is 5.75 Å². The summed E-state index contributed by atoms with van der Waals surface area (Å²) < 4.78 is 27.0. The lowest BCUT2D eigenvalue weighted by atomic mass is 10.1. The second-order valence-corrected chi connectivity index (χ2v) is 5.72. The van der Waals surface area contributed by atoms with E-state index in [1.165, 1.54) is 6.07 Å². The van der Waals surface area contributed by atoms with E-state index in [4.69, 9.17) is 0 Å². The van der Waals surface area contributed by atoms with Crippen molar-refractivity contribution in [2.75, 3.05) is 4.72 Å². The quantitative estimate of drug-likeness (QED) is 0.649. The molecule has 0 saturated carbocycles. The maximum absolute atomic E-state index is 11.9. The Hall–Kier alpha value is -1.31. The van der Waals surface area contributed by atoms with Crippen LogP contribution >= 0.6 is 0 Å². The smallest absolute Gasteiger partial charge is 0.304 e. The zero-order valence-electron chi connectivity index (χ0n) is 9.45. The number of anilines is 1. The Labute approximate surface area is 99.7 Å². The predicted octanol–water partition coefficient (Wildman–Crippen LogP) is 0.764. The summed E-state index contributed by atoms with van der Waals surface area (Å²) in [5.74, 6) is -0.200. The molecule has 1 aromatic carbocycles. The van der Waals surface area contributed by atoms with Gasteiger partial charge >= 0.3 is 10.2 Å². The molecule has 94 valence electrons. The summed E-state index contributed by atoms with van der Waals surface area (Å²) in [6.07, 6.45) is -1.29. The summed E-state index contributed by atoms with van der Waals surface area (Å²) in [5.41, 5.74) is 0.380. The van der Waals surface area contributed by atoms with Gasteiger partial charge in [0.05, 0.1) is 5.69 Å². The average molecular weight is 258 g/mol. The van der Waals surface area contributed by atoms with E-state index < -0.39 is 22.5 Å². The highest BCUT2D eigenvalue weighted by atomic mass is 32.2. The number of rotatable bonds is 1. The number of para-hydroxylation sites is 1. The van der Waals surface area contributed by atoms with Crippen molar-refractivity contribution < 1.29 is 18.6 Å². The van der Waals surface area contributed by atoms with Crippen LogP contribution in [0.5, 0.6) is 5.75 Å². The minimum absolute atomic E-state index is 0.0388. The molecule has 7 heteroatoms. The molecule has 0 amide bonds. The van der Waals surface area contributed by atoms with E-state index in [0.29, 0.717) is 5.56 Å². The SMILES string of the molecule is CC(C)N1[C@@H](O)c2cccc(O)c2NS1(=O)=O. The second kappa shape index (κ2) is 3.86. The molecule has 2 rings (SSSR count). The third-order valence-corrected chi connectivity index (χ3v) is 4.25. The van der Waals surface area contributed by atoms with E-state index in [1.54, 1.807) is 26.0 Å². The maximum atomic E-state index is 11.9. The van der Waals surface area contributed by atoms with E-state index in [1.807, 2.05) is 0 Å². The van der Waals surface area contributed by atoms with Gasteiger partial charge in [-0.3, -0.25) is 4.72 Å². The molecule has 17 heavy (non-hydrogen) atoms. The third-order valence-electron chi connectivity index (χ3n) is 2.61. The highest BCUT2D eigenvalue weighted by molar-refractivity contribution is 7.90. The fourth-order valence-corrected chi connectivity index (χ4v) is 3.41. The van der Waals surface area contributed by atoms with Crippen molar-refractivity contribution in [2.45, 2.75) is 26.1 Å². The fraction of sp³-hybridized carbons (Fsp3) is 0.400. The second-order valence-electron chi connectivity index (χ2n) is 4.15. The van der Waals surface area contributed by atoms with Crippen molar-refractivity contribution in [2.24, 2.45) is 0 Å². The molecule has 0 spiro atoms. The fourth-order valence-electron chi connectivity index (χ4n) is 1.89. The van der Waals surface area contributed by atoms with Crippen LogP contribution in [0.4, 0.5) is 5.69 Å². The Morgan fingerprint density at radius 3 is 2.65 bits per heavy atom. The van der Waals surface area contributed by atoms with E-state index in [-0.39, 0.29) is 11.4 Å². The van der Waals surface area contributed by atoms with Crippen molar-refractivity contribution in [3.05, 3.63) is 23.8 Å². The normalized spacial score (nSPS) is 23.2. The molecule has 0 aromatic heterocycles. The molecule has 1 aliphatic rings. The van der Waals surface area contributed by atoms with Crippen LogP contribution in [-0.4, -0.2) is 29.0 Å². The monoisotopic (exact) mass is 258 g/mol. The molecular weight excluding hydrogens is 244 g/mol. The molecule has 0 radical (unpaired) electrons. The van der Waals surface area contributed by atoms with Crippen molar-refractivity contribution in [1.82, 2.24) is 4.31 Å². The molecule has 0 saturated heterocycles. The first-order valence-electron chi connectivity index (χ1n) is 5.16. The Morgan fingerprint density at radius 2 is 2.06 bits per heavy atom. The van der Waals surface area contributed by atoms with Crippen molar-refractivity contribution in [1.29, 1.82) is 0 Å². The molecular formula is C10H14N2O4S. The number of benzene rings is 1. The van der Waals surface area contributed by atoms with Gasteiger partial charge in [-0.05, 0) is 19.9 Å². The molecule has 1 atom stereocenters. The number of fused-ring (bicyclic) bond motifs is 1. The van der Waals surface area contributed by atoms with Crippen molar-refractivity contribution >= 4 is 15.9 Å². The maximum Gasteiger partial charge on any atom is 0.304 e. The van der Waals surface area contributed by atoms with Gasteiger partial charge < -0.3 is 10.2 Å².